The monoisotopic (exact) mass is 230 g/mol. The topological polar surface area (TPSA) is 60.7 Å². The van der Waals surface area contributed by atoms with E-state index in [9.17, 15) is 15.3 Å². The van der Waals surface area contributed by atoms with Crippen LogP contribution < -0.4 is 0 Å². The molecule has 0 fully saturated rings. The minimum atomic E-state index is 0.0186. The molecule has 0 aliphatic carbocycles. The lowest BCUT2D eigenvalue weighted by atomic mass is 9.97. The molecule has 0 saturated heterocycles. The first-order chi connectivity index (χ1) is 7.97. The Bertz CT molecular complexity index is 554. The lowest BCUT2D eigenvalue weighted by Crippen LogP contribution is -1.86. The number of benzene rings is 2. The lowest BCUT2D eigenvalue weighted by Gasteiger charge is -2.10. The van der Waals surface area contributed by atoms with Crippen LogP contribution in [0.4, 0.5) is 0 Å². The van der Waals surface area contributed by atoms with E-state index in [1.54, 1.807) is 25.1 Å². The molecule has 0 saturated carbocycles. The molecule has 0 bridgehead atoms. The molecule has 0 aromatic heterocycles. The third kappa shape index (κ3) is 2.18. The van der Waals surface area contributed by atoms with E-state index in [2.05, 4.69) is 0 Å². The Morgan fingerprint density at radius 3 is 1.88 bits per heavy atom. The summed E-state index contributed by atoms with van der Waals surface area (Å²) in [5.41, 5.74) is 3.25. The second kappa shape index (κ2) is 4.01. The highest BCUT2D eigenvalue weighted by atomic mass is 16.3. The van der Waals surface area contributed by atoms with E-state index in [-0.39, 0.29) is 17.2 Å². The van der Waals surface area contributed by atoms with E-state index in [1.807, 2.05) is 13.0 Å². The summed E-state index contributed by atoms with van der Waals surface area (Å²) in [6, 6.07) is 7.95. The Kier molecular flexibility index (Phi) is 2.68. The average Bonchev–Trinajstić information content (AvgIpc) is 2.22. The normalized spacial score (nSPS) is 10.5. The summed E-state index contributed by atoms with van der Waals surface area (Å²) in [6.45, 7) is 3.68. The summed E-state index contributed by atoms with van der Waals surface area (Å²) in [5.74, 6) is 0.283. The molecule has 3 nitrogen and oxygen atoms in total. The summed E-state index contributed by atoms with van der Waals surface area (Å²) in [7, 11) is 0. The van der Waals surface area contributed by atoms with Gasteiger partial charge in [0.25, 0.3) is 0 Å². The molecule has 0 aliphatic rings. The van der Waals surface area contributed by atoms with Gasteiger partial charge >= 0.3 is 0 Å². The SMILES string of the molecule is Cc1cc(-c2cc(O)cc(O)c2)c(C)cc1O. The summed E-state index contributed by atoms with van der Waals surface area (Å²) in [5, 5.41) is 28.5. The third-order valence-corrected chi connectivity index (χ3v) is 2.76. The van der Waals surface area contributed by atoms with Crippen molar-refractivity contribution in [3.05, 3.63) is 41.5 Å². The van der Waals surface area contributed by atoms with Gasteiger partial charge in [0.1, 0.15) is 17.2 Å². The Hall–Kier alpha value is -2.16. The highest BCUT2D eigenvalue weighted by Gasteiger charge is 2.08. The highest BCUT2D eigenvalue weighted by molar-refractivity contribution is 5.71. The largest absolute Gasteiger partial charge is 0.508 e. The molecular formula is C14H14O3. The van der Waals surface area contributed by atoms with Crippen LogP contribution in [0.1, 0.15) is 11.1 Å². The minimum Gasteiger partial charge on any atom is -0.508 e. The van der Waals surface area contributed by atoms with Crippen molar-refractivity contribution in [1.29, 1.82) is 0 Å². The molecule has 0 radical (unpaired) electrons. The predicted octanol–water partition coefficient (Wildman–Crippen LogP) is 3.09. The molecule has 0 atom stereocenters. The Morgan fingerprint density at radius 2 is 1.29 bits per heavy atom. The fourth-order valence-corrected chi connectivity index (χ4v) is 1.86. The van der Waals surface area contributed by atoms with Crippen molar-refractivity contribution in [3.63, 3.8) is 0 Å². The molecule has 0 amide bonds. The van der Waals surface area contributed by atoms with Crippen molar-refractivity contribution in [2.45, 2.75) is 13.8 Å². The van der Waals surface area contributed by atoms with Crippen LogP contribution in [0.5, 0.6) is 17.2 Å². The van der Waals surface area contributed by atoms with Gasteiger partial charge in [0, 0.05) is 6.07 Å². The van der Waals surface area contributed by atoms with Gasteiger partial charge in [-0.15, -0.1) is 0 Å². The van der Waals surface area contributed by atoms with Gasteiger partial charge in [-0.1, -0.05) is 0 Å². The summed E-state index contributed by atoms with van der Waals surface area (Å²) >= 11 is 0. The van der Waals surface area contributed by atoms with E-state index in [0.29, 0.717) is 0 Å². The standard InChI is InChI=1S/C14H14O3/c1-8-4-14(17)9(2)3-13(8)10-5-11(15)7-12(16)6-10/h3-7,15-17H,1-2H3. The van der Waals surface area contributed by atoms with Crippen LogP contribution in [0.3, 0.4) is 0 Å². The van der Waals surface area contributed by atoms with E-state index in [4.69, 9.17) is 0 Å². The molecule has 0 spiro atoms. The smallest absolute Gasteiger partial charge is 0.119 e. The van der Waals surface area contributed by atoms with Crippen molar-refractivity contribution < 1.29 is 15.3 Å². The molecule has 2 aromatic rings. The second-order valence-electron chi connectivity index (χ2n) is 4.19. The van der Waals surface area contributed by atoms with Gasteiger partial charge in [-0.2, -0.15) is 0 Å². The number of hydrogen-bond acceptors (Lipinski definition) is 3. The predicted molar refractivity (Wildman–Crippen MR) is 66.3 cm³/mol. The maximum atomic E-state index is 9.58. The Labute approximate surface area is 99.6 Å². The average molecular weight is 230 g/mol. The molecule has 2 aromatic carbocycles. The van der Waals surface area contributed by atoms with Crippen molar-refractivity contribution in [2.75, 3.05) is 0 Å². The summed E-state index contributed by atoms with van der Waals surface area (Å²) < 4.78 is 0. The van der Waals surface area contributed by atoms with Crippen LogP contribution in [0, 0.1) is 13.8 Å². The van der Waals surface area contributed by atoms with Gasteiger partial charge < -0.3 is 15.3 Å². The van der Waals surface area contributed by atoms with Gasteiger partial charge in [0.2, 0.25) is 0 Å². The zero-order valence-electron chi connectivity index (χ0n) is 9.73. The third-order valence-electron chi connectivity index (χ3n) is 2.76. The fraction of sp³-hybridized carbons (Fsp3) is 0.143. The highest BCUT2D eigenvalue weighted by Crippen LogP contribution is 2.33. The Morgan fingerprint density at radius 1 is 0.706 bits per heavy atom. The molecule has 3 N–H and O–H groups in total. The summed E-state index contributed by atoms with van der Waals surface area (Å²) in [6.07, 6.45) is 0. The number of hydrogen-bond donors (Lipinski definition) is 3. The van der Waals surface area contributed by atoms with Gasteiger partial charge in [-0.3, -0.25) is 0 Å². The van der Waals surface area contributed by atoms with Gasteiger partial charge in [0.15, 0.2) is 0 Å². The minimum absolute atomic E-state index is 0.0186. The molecule has 17 heavy (non-hydrogen) atoms. The van der Waals surface area contributed by atoms with Crippen LogP contribution in [-0.2, 0) is 0 Å². The number of aryl methyl sites for hydroxylation is 2. The van der Waals surface area contributed by atoms with Crippen molar-refractivity contribution in [1.82, 2.24) is 0 Å². The van der Waals surface area contributed by atoms with E-state index >= 15 is 0 Å². The first kappa shape index (κ1) is 11.3. The van der Waals surface area contributed by atoms with E-state index in [1.165, 1.54) is 6.07 Å². The molecule has 3 heteroatoms. The number of rotatable bonds is 1. The molecule has 0 aliphatic heterocycles. The van der Waals surface area contributed by atoms with Crippen LogP contribution in [-0.4, -0.2) is 15.3 Å². The second-order valence-corrected chi connectivity index (χ2v) is 4.19. The number of phenols is 3. The molecule has 0 heterocycles. The zero-order chi connectivity index (χ0) is 12.6. The number of aromatic hydroxyl groups is 3. The van der Waals surface area contributed by atoms with Crippen LogP contribution in [0.2, 0.25) is 0 Å². The van der Waals surface area contributed by atoms with Gasteiger partial charge in [-0.25, -0.2) is 0 Å². The van der Waals surface area contributed by atoms with Crippen molar-refractivity contribution in [3.8, 4) is 28.4 Å². The van der Waals surface area contributed by atoms with Crippen molar-refractivity contribution >= 4 is 0 Å². The molecular weight excluding hydrogens is 216 g/mol. The maximum Gasteiger partial charge on any atom is 0.119 e. The van der Waals surface area contributed by atoms with E-state index in [0.717, 1.165) is 22.3 Å². The number of phenolic OH excluding ortho intramolecular Hbond substituents is 3. The maximum absolute atomic E-state index is 9.58. The van der Waals surface area contributed by atoms with Gasteiger partial charge in [-0.05, 0) is 60.4 Å². The summed E-state index contributed by atoms with van der Waals surface area (Å²) in [4.78, 5) is 0. The molecule has 2 rings (SSSR count). The molecule has 0 unspecified atom stereocenters. The van der Waals surface area contributed by atoms with Crippen molar-refractivity contribution in [2.24, 2.45) is 0 Å². The zero-order valence-corrected chi connectivity index (χ0v) is 9.73. The van der Waals surface area contributed by atoms with Crippen LogP contribution in [0.15, 0.2) is 30.3 Å². The molecule has 88 valence electrons. The lowest BCUT2D eigenvalue weighted by molar-refractivity contribution is 0.451. The van der Waals surface area contributed by atoms with E-state index < -0.39 is 0 Å². The first-order valence-corrected chi connectivity index (χ1v) is 5.31. The van der Waals surface area contributed by atoms with Gasteiger partial charge in [0.05, 0.1) is 0 Å². The fourth-order valence-electron chi connectivity index (χ4n) is 1.86. The van der Waals surface area contributed by atoms with Crippen LogP contribution >= 0.6 is 0 Å². The van der Waals surface area contributed by atoms with Crippen LogP contribution in [0.25, 0.3) is 11.1 Å². The quantitative estimate of drug-likeness (QED) is 0.705. The first-order valence-electron chi connectivity index (χ1n) is 5.31. The Balaban J connectivity index is 2.64.